The zero-order valence-electron chi connectivity index (χ0n) is 10.1. The van der Waals surface area contributed by atoms with Gasteiger partial charge in [0.1, 0.15) is 5.69 Å². The molecule has 3 rings (SSSR count). The van der Waals surface area contributed by atoms with E-state index in [0.717, 1.165) is 5.56 Å². The number of benzene rings is 2. The standard InChI is InChI=1S/C15H12N2O2/c18-15-13(11-7-3-1-4-8-11)16-17(19)14(15)12-9-5-2-6-10-12/h1-10,18-19H. The van der Waals surface area contributed by atoms with Crippen LogP contribution in [0, 0.1) is 0 Å². The van der Waals surface area contributed by atoms with Gasteiger partial charge < -0.3 is 10.3 Å². The lowest BCUT2D eigenvalue weighted by atomic mass is 10.1. The minimum atomic E-state index is -0.0279. The molecule has 4 heteroatoms. The van der Waals surface area contributed by atoms with Crippen LogP contribution in [0.3, 0.4) is 0 Å². The normalized spacial score (nSPS) is 10.5. The van der Waals surface area contributed by atoms with E-state index in [2.05, 4.69) is 5.10 Å². The first-order chi connectivity index (χ1) is 9.27. The van der Waals surface area contributed by atoms with Crippen molar-refractivity contribution in [1.82, 2.24) is 9.94 Å². The van der Waals surface area contributed by atoms with Crippen LogP contribution in [0.4, 0.5) is 0 Å². The average molecular weight is 252 g/mol. The lowest BCUT2D eigenvalue weighted by Gasteiger charge is -2.00. The van der Waals surface area contributed by atoms with Crippen molar-refractivity contribution in [3.8, 4) is 28.3 Å². The SMILES string of the molecule is Oc1c(-c2ccccc2)nn(O)c1-c1ccccc1. The van der Waals surface area contributed by atoms with Crippen molar-refractivity contribution in [2.75, 3.05) is 0 Å². The average Bonchev–Trinajstić information content (AvgIpc) is 2.76. The first-order valence-electron chi connectivity index (χ1n) is 5.89. The van der Waals surface area contributed by atoms with E-state index in [4.69, 9.17) is 0 Å². The summed E-state index contributed by atoms with van der Waals surface area (Å²) in [6.07, 6.45) is 0. The molecule has 3 aromatic rings. The van der Waals surface area contributed by atoms with Gasteiger partial charge in [0.15, 0.2) is 11.4 Å². The first kappa shape index (κ1) is 11.3. The van der Waals surface area contributed by atoms with E-state index in [1.807, 2.05) is 48.5 Å². The molecule has 0 spiro atoms. The fourth-order valence-electron chi connectivity index (χ4n) is 2.04. The molecule has 0 saturated carbocycles. The number of aromatic hydroxyl groups is 1. The second-order valence-electron chi connectivity index (χ2n) is 4.17. The van der Waals surface area contributed by atoms with Crippen LogP contribution in [0.1, 0.15) is 0 Å². The highest BCUT2D eigenvalue weighted by atomic mass is 16.5. The molecule has 19 heavy (non-hydrogen) atoms. The fraction of sp³-hybridized carbons (Fsp3) is 0. The summed E-state index contributed by atoms with van der Waals surface area (Å²) in [5.41, 5.74) is 2.11. The summed E-state index contributed by atoms with van der Waals surface area (Å²) in [5.74, 6) is -0.0279. The Bertz CT molecular complexity index is 691. The molecule has 0 aliphatic heterocycles. The molecule has 0 aliphatic carbocycles. The Labute approximate surface area is 110 Å². The van der Waals surface area contributed by atoms with Crippen LogP contribution in [0.5, 0.6) is 5.75 Å². The lowest BCUT2D eigenvalue weighted by Crippen LogP contribution is -1.95. The topological polar surface area (TPSA) is 58.3 Å². The van der Waals surface area contributed by atoms with E-state index in [1.54, 1.807) is 12.1 Å². The van der Waals surface area contributed by atoms with Crippen molar-refractivity contribution < 1.29 is 10.3 Å². The molecule has 2 N–H and O–H groups in total. The number of hydrogen-bond acceptors (Lipinski definition) is 3. The van der Waals surface area contributed by atoms with Crippen LogP contribution in [-0.4, -0.2) is 20.3 Å². The molecule has 0 bridgehead atoms. The minimum absolute atomic E-state index is 0.0279. The Balaban J connectivity index is 2.17. The van der Waals surface area contributed by atoms with Crippen molar-refractivity contribution >= 4 is 0 Å². The molecule has 94 valence electrons. The van der Waals surface area contributed by atoms with Crippen molar-refractivity contribution in [2.24, 2.45) is 0 Å². The third kappa shape index (κ3) is 1.93. The molecule has 0 amide bonds. The zero-order chi connectivity index (χ0) is 13.2. The van der Waals surface area contributed by atoms with Crippen molar-refractivity contribution in [2.45, 2.75) is 0 Å². The quantitative estimate of drug-likeness (QED) is 0.689. The van der Waals surface area contributed by atoms with Crippen molar-refractivity contribution in [1.29, 1.82) is 0 Å². The molecular weight excluding hydrogens is 240 g/mol. The van der Waals surface area contributed by atoms with Gasteiger partial charge in [-0.2, -0.15) is 0 Å². The third-order valence-electron chi connectivity index (χ3n) is 2.94. The van der Waals surface area contributed by atoms with Gasteiger partial charge in [-0.15, -0.1) is 5.10 Å². The van der Waals surface area contributed by atoms with Gasteiger partial charge in [0.05, 0.1) is 0 Å². The van der Waals surface area contributed by atoms with Gasteiger partial charge in [0.25, 0.3) is 0 Å². The zero-order valence-corrected chi connectivity index (χ0v) is 10.1. The summed E-state index contributed by atoms with van der Waals surface area (Å²) in [7, 11) is 0. The second kappa shape index (κ2) is 4.49. The van der Waals surface area contributed by atoms with Crippen LogP contribution in [0.2, 0.25) is 0 Å². The Morgan fingerprint density at radius 3 is 1.89 bits per heavy atom. The smallest absolute Gasteiger partial charge is 0.173 e. The maximum Gasteiger partial charge on any atom is 0.173 e. The van der Waals surface area contributed by atoms with E-state index >= 15 is 0 Å². The largest absolute Gasteiger partial charge is 0.504 e. The molecule has 4 nitrogen and oxygen atoms in total. The molecule has 2 aromatic carbocycles. The summed E-state index contributed by atoms with van der Waals surface area (Å²) < 4.78 is 0. The maximum atomic E-state index is 10.3. The summed E-state index contributed by atoms with van der Waals surface area (Å²) in [5, 5.41) is 24.1. The molecular formula is C15H12N2O2. The first-order valence-corrected chi connectivity index (χ1v) is 5.89. The van der Waals surface area contributed by atoms with E-state index in [0.29, 0.717) is 21.8 Å². The van der Waals surface area contributed by atoms with Crippen molar-refractivity contribution in [3.63, 3.8) is 0 Å². The Kier molecular flexibility index (Phi) is 2.68. The predicted octanol–water partition coefficient (Wildman–Crippen LogP) is 3.16. The van der Waals surface area contributed by atoms with Crippen LogP contribution < -0.4 is 0 Å². The molecule has 0 saturated heterocycles. The van der Waals surface area contributed by atoms with Gasteiger partial charge in [0, 0.05) is 11.1 Å². The summed E-state index contributed by atoms with van der Waals surface area (Å²) in [6.45, 7) is 0. The summed E-state index contributed by atoms with van der Waals surface area (Å²) in [6, 6.07) is 18.4. The van der Waals surface area contributed by atoms with Crippen LogP contribution >= 0.6 is 0 Å². The van der Waals surface area contributed by atoms with Crippen LogP contribution in [0.15, 0.2) is 60.7 Å². The minimum Gasteiger partial charge on any atom is -0.504 e. The predicted molar refractivity (Wildman–Crippen MR) is 71.9 cm³/mol. The maximum absolute atomic E-state index is 10.3. The van der Waals surface area contributed by atoms with Gasteiger partial charge in [-0.1, -0.05) is 65.5 Å². The van der Waals surface area contributed by atoms with Crippen LogP contribution in [0.25, 0.3) is 22.5 Å². The lowest BCUT2D eigenvalue weighted by molar-refractivity contribution is 0.153. The number of aromatic nitrogens is 2. The summed E-state index contributed by atoms with van der Waals surface area (Å²) in [4.78, 5) is 0.715. The third-order valence-corrected chi connectivity index (χ3v) is 2.94. The van der Waals surface area contributed by atoms with E-state index in [1.165, 1.54) is 0 Å². The van der Waals surface area contributed by atoms with Gasteiger partial charge in [0.2, 0.25) is 0 Å². The molecule has 0 aliphatic rings. The molecule has 0 unspecified atom stereocenters. The highest BCUT2D eigenvalue weighted by Crippen LogP contribution is 2.36. The summed E-state index contributed by atoms with van der Waals surface area (Å²) >= 11 is 0. The molecule has 0 atom stereocenters. The Hall–Kier alpha value is -2.75. The van der Waals surface area contributed by atoms with Crippen molar-refractivity contribution in [3.05, 3.63) is 60.7 Å². The van der Waals surface area contributed by atoms with Gasteiger partial charge >= 0.3 is 0 Å². The van der Waals surface area contributed by atoms with Crippen LogP contribution in [-0.2, 0) is 0 Å². The highest BCUT2D eigenvalue weighted by molar-refractivity contribution is 5.77. The molecule has 0 fully saturated rings. The molecule has 0 radical (unpaired) electrons. The fourth-order valence-corrected chi connectivity index (χ4v) is 2.04. The van der Waals surface area contributed by atoms with Gasteiger partial charge in [-0.25, -0.2) is 0 Å². The molecule has 1 heterocycles. The van der Waals surface area contributed by atoms with E-state index in [9.17, 15) is 10.3 Å². The molecule has 1 aromatic heterocycles. The second-order valence-corrected chi connectivity index (χ2v) is 4.17. The van der Waals surface area contributed by atoms with E-state index < -0.39 is 0 Å². The van der Waals surface area contributed by atoms with E-state index in [-0.39, 0.29) is 5.75 Å². The number of nitrogens with zero attached hydrogens (tertiary/aromatic N) is 2. The van der Waals surface area contributed by atoms with Gasteiger partial charge in [-0.05, 0) is 0 Å². The Morgan fingerprint density at radius 1 is 0.789 bits per heavy atom. The Morgan fingerprint density at radius 2 is 1.32 bits per heavy atom. The highest BCUT2D eigenvalue weighted by Gasteiger charge is 2.19. The number of hydrogen-bond donors (Lipinski definition) is 2. The monoisotopic (exact) mass is 252 g/mol. The number of rotatable bonds is 2. The van der Waals surface area contributed by atoms with Gasteiger partial charge in [-0.3, -0.25) is 0 Å².